The van der Waals surface area contributed by atoms with Gasteiger partial charge in [-0.25, -0.2) is 4.98 Å². The van der Waals surface area contributed by atoms with Gasteiger partial charge in [0, 0.05) is 30.4 Å². The third kappa shape index (κ3) is 2.76. The highest BCUT2D eigenvalue weighted by Crippen LogP contribution is 2.39. The van der Waals surface area contributed by atoms with E-state index in [2.05, 4.69) is 36.8 Å². The molecule has 3 aromatic rings. The fourth-order valence-corrected chi connectivity index (χ4v) is 4.11. The number of hydrogen-bond acceptors (Lipinski definition) is 4. The van der Waals surface area contributed by atoms with E-state index in [1.807, 2.05) is 24.5 Å². The van der Waals surface area contributed by atoms with Crippen LogP contribution in [0.1, 0.15) is 43.5 Å². The second-order valence-corrected chi connectivity index (χ2v) is 7.44. The molecule has 2 aliphatic rings. The monoisotopic (exact) mass is 353 g/mol. The first-order valence-electron chi connectivity index (χ1n) is 8.99. The average Bonchev–Trinajstić information content (AvgIpc) is 3.38. The van der Waals surface area contributed by atoms with Crippen LogP contribution in [0.15, 0.2) is 36.7 Å². The SMILES string of the molecule is Clc1nc(N2CCC(c3nncn3C3CC3)CC2)cc2ccccc12. The Bertz CT molecular complexity index is 909. The van der Waals surface area contributed by atoms with Crippen molar-refractivity contribution in [1.29, 1.82) is 0 Å². The van der Waals surface area contributed by atoms with Crippen LogP contribution in [-0.2, 0) is 0 Å². The molecule has 128 valence electrons. The number of piperidine rings is 1. The van der Waals surface area contributed by atoms with Gasteiger partial charge in [-0.3, -0.25) is 0 Å². The van der Waals surface area contributed by atoms with Gasteiger partial charge in [0.2, 0.25) is 0 Å². The van der Waals surface area contributed by atoms with Gasteiger partial charge >= 0.3 is 0 Å². The fraction of sp³-hybridized carbons (Fsp3) is 0.421. The predicted octanol–water partition coefficient (Wildman–Crippen LogP) is 4.20. The molecule has 0 spiro atoms. The maximum Gasteiger partial charge on any atom is 0.139 e. The van der Waals surface area contributed by atoms with Gasteiger partial charge in [0.25, 0.3) is 0 Å². The highest BCUT2D eigenvalue weighted by atomic mass is 35.5. The molecule has 0 radical (unpaired) electrons. The number of nitrogens with zero attached hydrogens (tertiary/aromatic N) is 5. The van der Waals surface area contributed by atoms with E-state index in [0.717, 1.165) is 42.5 Å². The highest BCUT2D eigenvalue weighted by Gasteiger charge is 2.31. The number of fused-ring (bicyclic) bond motifs is 1. The van der Waals surface area contributed by atoms with Crippen LogP contribution in [-0.4, -0.2) is 32.8 Å². The average molecular weight is 354 g/mol. The van der Waals surface area contributed by atoms with E-state index in [1.54, 1.807) is 0 Å². The minimum atomic E-state index is 0.496. The second kappa shape index (κ2) is 5.99. The first-order valence-corrected chi connectivity index (χ1v) is 9.37. The molecule has 1 saturated carbocycles. The van der Waals surface area contributed by atoms with E-state index in [4.69, 9.17) is 11.6 Å². The smallest absolute Gasteiger partial charge is 0.139 e. The topological polar surface area (TPSA) is 46.8 Å². The summed E-state index contributed by atoms with van der Waals surface area (Å²) in [5.41, 5.74) is 0. The molecule has 2 aromatic heterocycles. The molecular weight excluding hydrogens is 334 g/mol. The van der Waals surface area contributed by atoms with Crippen LogP contribution in [0.2, 0.25) is 5.15 Å². The maximum atomic E-state index is 6.39. The Balaban J connectivity index is 1.35. The van der Waals surface area contributed by atoms with Gasteiger partial charge in [-0.05, 0) is 37.1 Å². The first kappa shape index (κ1) is 15.1. The van der Waals surface area contributed by atoms with E-state index in [9.17, 15) is 0 Å². The van der Waals surface area contributed by atoms with Gasteiger partial charge < -0.3 is 9.47 Å². The first-order chi connectivity index (χ1) is 12.3. The molecular formula is C19H20ClN5. The van der Waals surface area contributed by atoms with Crippen LogP contribution in [0.5, 0.6) is 0 Å². The molecule has 6 heteroatoms. The van der Waals surface area contributed by atoms with Crippen molar-refractivity contribution < 1.29 is 0 Å². The molecule has 1 aromatic carbocycles. The molecule has 3 heterocycles. The van der Waals surface area contributed by atoms with Crippen molar-refractivity contribution in [3.05, 3.63) is 47.6 Å². The molecule has 0 unspecified atom stereocenters. The zero-order valence-electron chi connectivity index (χ0n) is 14.0. The van der Waals surface area contributed by atoms with Crippen LogP contribution in [0, 0.1) is 0 Å². The molecule has 2 fully saturated rings. The molecule has 1 saturated heterocycles. The minimum absolute atomic E-state index is 0.496. The van der Waals surface area contributed by atoms with Crippen LogP contribution < -0.4 is 4.90 Å². The Labute approximate surface area is 151 Å². The van der Waals surface area contributed by atoms with Gasteiger partial charge in [-0.1, -0.05) is 35.9 Å². The Hall–Kier alpha value is -2.14. The molecule has 0 amide bonds. The standard InChI is InChI=1S/C19H20ClN5/c20-18-16-4-2-1-3-14(16)11-17(22-18)24-9-7-13(8-10-24)19-23-21-12-25(19)15-5-6-15/h1-4,11-13,15H,5-10H2. The molecule has 1 aliphatic carbocycles. The lowest BCUT2D eigenvalue weighted by molar-refractivity contribution is 0.463. The number of hydrogen-bond donors (Lipinski definition) is 0. The highest BCUT2D eigenvalue weighted by molar-refractivity contribution is 6.34. The summed E-state index contributed by atoms with van der Waals surface area (Å²) < 4.78 is 2.30. The molecule has 0 N–H and O–H groups in total. The van der Waals surface area contributed by atoms with Crippen LogP contribution >= 0.6 is 11.6 Å². The van der Waals surface area contributed by atoms with Gasteiger partial charge in [0.05, 0.1) is 0 Å². The quantitative estimate of drug-likeness (QED) is 0.662. The molecule has 0 atom stereocenters. The lowest BCUT2D eigenvalue weighted by Gasteiger charge is -2.32. The lowest BCUT2D eigenvalue weighted by atomic mass is 9.95. The van der Waals surface area contributed by atoms with Crippen molar-refractivity contribution in [2.75, 3.05) is 18.0 Å². The molecule has 0 bridgehead atoms. The van der Waals surface area contributed by atoms with Crippen molar-refractivity contribution in [2.24, 2.45) is 0 Å². The number of halogens is 1. The largest absolute Gasteiger partial charge is 0.357 e. The Kier molecular flexibility index (Phi) is 3.63. The van der Waals surface area contributed by atoms with Crippen LogP contribution in [0.25, 0.3) is 10.8 Å². The Morgan fingerprint density at radius 1 is 1.04 bits per heavy atom. The van der Waals surface area contributed by atoms with E-state index in [0.29, 0.717) is 17.1 Å². The fourth-order valence-electron chi connectivity index (χ4n) is 3.85. The normalized spacial score (nSPS) is 18.8. The summed E-state index contributed by atoms with van der Waals surface area (Å²) >= 11 is 6.39. The summed E-state index contributed by atoms with van der Waals surface area (Å²) in [4.78, 5) is 6.97. The summed E-state index contributed by atoms with van der Waals surface area (Å²) in [6.07, 6.45) is 6.60. The number of anilines is 1. The predicted molar refractivity (Wildman–Crippen MR) is 99.2 cm³/mol. The Morgan fingerprint density at radius 3 is 2.64 bits per heavy atom. The van der Waals surface area contributed by atoms with E-state index >= 15 is 0 Å². The number of pyridine rings is 1. The zero-order chi connectivity index (χ0) is 16.8. The van der Waals surface area contributed by atoms with Gasteiger partial charge in [-0.2, -0.15) is 0 Å². The number of benzene rings is 1. The molecule has 5 rings (SSSR count). The van der Waals surface area contributed by atoms with E-state index in [-0.39, 0.29) is 0 Å². The summed E-state index contributed by atoms with van der Waals surface area (Å²) in [5.74, 6) is 2.65. The van der Waals surface area contributed by atoms with Crippen molar-refractivity contribution in [1.82, 2.24) is 19.7 Å². The molecule has 5 nitrogen and oxygen atoms in total. The molecule has 1 aliphatic heterocycles. The van der Waals surface area contributed by atoms with Crippen molar-refractivity contribution in [3.63, 3.8) is 0 Å². The maximum absolute atomic E-state index is 6.39. The summed E-state index contributed by atoms with van der Waals surface area (Å²) in [6, 6.07) is 10.9. The molecule has 25 heavy (non-hydrogen) atoms. The van der Waals surface area contributed by atoms with E-state index in [1.165, 1.54) is 18.7 Å². The summed E-state index contributed by atoms with van der Waals surface area (Å²) in [7, 11) is 0. The lowest BCUT2D eigenvalue weighted by Crippen LogP contribution is -2.34. The van der Waals surface area contributed by atoms with E-state index < -0.39 is 0 Å². The number of aromatic nitrogens is 4. The van der Waals surface area contributed by atoms with Gasteiger partial charge in [0.15, 0.2) is 0 Å². The third-order valence-electron chi connectivity index (χ3n) is 5.41. The second-order valence-electron chi connectivity index (χ2n) is 7.08. The van der Waals surface area contributed by atoms with Crippen molar-refractivity contribution in [3.8, 4) is 0 Å². The zero-order valence-corrected chi connectivity index (χ0v) is 14.7. The van der Waals surface area contributed by atoms with Gasteiger partial charge in [-0.15, -0.1) is 10.2 Å². The van der Waals surface area contributed by atoms with Gasteiger partial charge in [0.1, 0.15) is 23.1 Å². The summed E-state index contributed by atoms with van der Waals surface area (Å²) in [6.45, 7) is 1.95. The van der Waals surface area contributed by atoms with Crippen LogP contribution in [0.3, 0.4) is 0 Å². The van der Waals surface area contributed by atoms with Crippen molar-refractivity contribution >= 4 is 28.2 Å². The summed E-state index contributed by atoms with van der Waals surface area (Å²) in [5, 5.41) is 11.3. The van der Waals surface area contributed by atoms with Crippen LogP contribution in [0.4, 0.5) is 5.82 Å². The minimum Gasteiger partial charge on any atom is -0.357 e. The number of rotatable bonds is 3. The Morgan fingerprint density at radius 2 is 1.84 bits per heavy atom. The van der Waals surface area contributed by atoms with Crippen molar-refractivity contribution in [2.45, 2.75) is 37.6 Å². The third-order valence-corrected chi connectivity index (χ3v) is 5.69.